The van der Waals surface area contributed by atoms with Gasteiger partial charge in [-0.3, -0.25) is 14.5 Å². The van der Waals surface area contributed by atoms with Crippen LogP contribution in [0.3, 0.4) is 0 Å². The molecular weight excluding hydrogens is 352 g/mol. The molecule has 1 heterocycles. The van der Waals surface area contributed by atoms with E-state index in [2.05, 4.69) is 10.6 Å². The average molecular weight is 371 g/mol. The largest absolute Gasteiger partial charge is 0.326 e. The Morgan fingerprint density at radius 1 is 1.28 bits per heavy atom. The van der Waals surface area contributed by atoms with E-state index in [9.17, 15) is 23.2 Å². The summed E-state index contributed by atoms with van der Waals surface area (Å²) in [5.41, 5.74) is 0.398. The second-order valence-corrected chi connectivity index (χ2v) is 7.07. The van der Waals surface area contributed by atoms with Gasteiger partial charge in [0, 0.05) is 10.6 Å². The van der Waals surface area contributed by atoms with Gasteiger partial charge in [0.05, 0.1) is 0 Å². The molecule has 2 N–H and O–H groups in total. The molecule has 1 fully saturated rings. The molecule has 9 heteroatoms. The van der Waals surface area contributed by atoms with Crippen molar-refractivity contribution in [2.24, 2.45) is 5.92 Å². The first kappa shape index (κ1) is 19.2. The minimum absolute atomic E-state index is 0.229. The number of hydrogen-bond acceptors (Lipinski definition) is 4. The zero-order chi connectivity index (χ0) is 18.6. The molecular formula is C16H19F2N3O3S. The number of halogens is 2. The van der Waals surface area contributed by atoms with Crippen molar-refractivity contribution < 1.29 is 23.2 Å². The molecule has 0 aromatic heterocycles. The van der Waals surface area contributed by atoms with Crippen molar-refractivity contribution in [3.05, 3.63) is 24.3 Å². The molecule has 6 nitrogen and oxygen atoms in total. The zero-order valence-corrected chi connectivity index (χ0v) is 14.6. The summed E-state index contributed by atoms with van der Waals surface area (Å²) in [6.07, 6.45) is 0.506. The normalized spacial score (nSPS) is 17.4. The number of alkyl halides is 2. The van der Waals surface area contributed by atoms with Gasteiger partial charge in [-0.05, 0) is 36.6 Å². The van der Waals surface area contributed by atoms with Gasteiger partial charge >= 0.3 is 6.03 Å². The molecule has 0 bridgehead atoms. The monoisotopic (exact) mass is 371 g/mol. The Morgan fingerprint density at radius 2 is 1.92 bits per heavy atom. The predicted octanol–water partition coefficient (Wildman–Crippen LogP) is 2.91. The molecule has 1 aromatic rings. The van der Waals surface area contributed by atoms with Crippen LogP contribution in [-0.2, 0) is 9.59 Å². The third kappa shape index (κ3) is 5.42. The first-order valence-corrected chi connectivity index (χ1v) is 8.61. The van der Waals surface area contributed by atoms with Gasteiger partial charge in [-0.25, -0.2) is 4.79 Å². The van der Waals surface area contributed by atoms with E-state index in [1.54, 1.807) is 0 Å². The van der Waals surface area contributed by atoms with Crippen molar-refractivity contribution in [1.82, 2.24) is 10.2 Å². The number of carbonyl (C=O) groups excluding carboxylic acids is 3. The van der Waals surface area contributed by atoms with Gasteiger partial charge in [-0.1, -0.05) is 25.6 Å². The second kappa shape index (κ2) is 8.28. The van der Waals surface area contributed by atoms with Crippen molar-refractivity contribution in [3.8, 4) is 0 Å². The van der Waals surface area contributed by atoms with Gasteiger partial charge in [0.25, 0.3) is 11.7 Å². The molecule has 1 aliphatic rings. The lowest BCUT2D eigenvalue weighted by molar-refractivity contribution is -0.131. The van der Waals surface area contributed by atoms with Gasteiger partial charge in [-0.15, -0.1) is 0 Å². The van der Waals surface area contributed by atoms with Gasteiger partial charge < -0.3 is 10.6 Å². The Kier molecular flexibility index (Phi) is 6.35. The molecule has 2 rings (SSSR count). The predicted molar refractivity (Wildman–Crippen MR) is 90.4 cm³/mol. The number of thioether (sulfide) groups is 1. The molecule has 1 aliphatic heterocycles. The Labute approximate surface area is 148 Å². The number of urea groups is 1. The van der Waals surface area contributed by atoms with Crippen molar-refractivity contribution in [3.63, 3.8) is 0 Å². The Morgan fingerprint density at radius 3 is 2.48 bits per heavy atom. The van der Waals surface area contributed by atoms with Crippen LogP contribution in [0, 0.1) is 5.92 Å². The van der Waals surface area contributed by atoms with Crippen LogP contribution >= 0.6 is 11.8 Å². The molecule has 1 saturated heterocycles. The highest BCUT2D eigenvalue weighted by molar-refractivity contribution is 7.99. The maximum Gasteiger partial charge on any atom is 0.325 e. The van der Waals surface area contributed by atoms with Gasteiger partial charge in [0.2, 0.25) is 5.91 Å². The van der Waals surface area contributed by atoms with Crippen molar-refractivity contribution >= 4 is 35.3 Å². The van der Waals surface area contributed by atoms with E-state index in [1.807, 2.05) is 13.8 Å². The third-order valence-electron chi connectivity index (χ3n) is 3.48. The molecule has 0 spiro atoms. The van der Waals surface area contributed by atoms with Crippen LogP contribution in [0.4, 0.5) is 19.3 Å². The van der Waals surface area contributed by atoms with E-state index in [0.717, 1.165) is 4.90 Å². The molecule has 1 atom stereocenters. The quantitative estimate of drug-likeness (QED) is 0.571. The number of anilines is 1. The van der Waals surface area contributed by atoms with Crippen molar-refractivity contribution in [2.75, 3.05) is 11.9 Å². The minimum atomic E-state index is -2.51. The molecule has 1 aromatic carbocycles. The number of benzene rings is 1. The van der Waals surface area contributed by atoms with Crippen LogP contribution < -0.4 is 10.6 Å². The van der Waals surface area contributed by atoms with Gasteiger partial charge in [0.1, 0.15) is 12.6 Å². The Hall–Kier alpha value is -2.16. The van der Waals surface area contributed by atoms with E-state index in [4.69, 9.17) is 0 Å². The second-order valence-electron chi connectivity index (χ2n) is 6.01. The van der Waals surface area contributed by atoms with Gasteiger partial charge in [-0.2, -0.15) is 8.78 Å². The number of imide groups is 1. The summed E-state index contributed by atoms with van der Waals surface area (Å²) >= 11 is 0.406. The minimum Gasteiger partial charge on any atom is -0.326 e. The topological polar surface area (TPSA) is 78.5 Å². The van der Waals surface area contributed by atoms with Crippen LogP contribution in [0.5, 0.6) is 0 Å². The number of nitrogens with zero attached hydrogens (tertiary/aromatic N) is 1. The number of nitrogens with one attached hydrogen (secondary N) is 2. The average Bonchev–Trinajstić information content (AvgIpc) is 2.75. The fourth-order valence-corrected chi connectivity index (χ4v) is 2.92. The standard InChI is InChI=1S/C16H19F2N3O3S/c1-9(2)7-12-14(23)21(16(24)20-12)8-13(22)19-10-3-5-11(6-4-10)25-15(17)18/h3-6,9,12,15H,7-8H2,1-2H3,(H,19,22)(H,20,24). The number of amides is 4. The van der Waals surface area contributed by atoms with Crippen molar-refractivity contribution in [1.29, 1.82) is 0 Å². The third-order valence-corrected chi connectivity index (χ3v) is 4.20. The number of rotatable bonds is 7. The van der Waals surface area contributed by atoms with E-state index in [1.165, 1.54) is 24.3 Å². The highest BCUT2D eigenvalue weighted by Crippen LogP contribution is 2.26. The lowest BCUT2D eigenvalue weighted by atomic mass is 10.0. The zero-order valence-electron chi connectivity index (χ0n) is 13.8. The van der Waals surface area contributed by atoms with Crippen LogP contribution in [0.15, 0.2) is 29.2 Å². The summed E-state index contributed by atoms with van der Waals surface area (Å²) in [7, 11) is 0. The fourth-order valence-electron chi connectivity index (χ4n) is 2.42. The number of hydrogen-bond donors (Lipinski definition) is 2. The molecule has 136 valence electrons. The molecule has 1 unspecified atom stereocenters. The summed E-state index contributed by atoms with van der Waals surface area (Å²) in [5, 5.41) is 5.10. The molecule has 25 heavy (non-hydrogen) atoms. The maximum absolute atomic E-state index is 12.3. The highest BCUT2D eigenvalue weighted by Gasteiger charge is 2.38. The smallest absolute Gasteiger partial charge is 0.325 e. The highest BCUT2D eigenvalue weighted by atomic mass is 32.2. The number of carbonyl (C=O) groups is 3. The molecule has 4 amide bonds. The lowest BCUT2D eigenvalue weighted by Crippen LogP contribution is -2.38. The van der Waals surface area contributed by atoms with E-state index in [0.29, 0.717) is 28.8 Å². The first-order valence-electron chi connectivity index (χ1n) is 7.73. The van der Waals surface area contributed by atoms with Crippen LogP contribution in [0.1, 0.15) is 20.3 Å². The summed E-state index contributed by atoms with van der Waals surface area (Å²) in [6, 6.07) is 4.68. The summed E-state index contributed by atoms with van der Waals surface area (Å²) in [5.74, 6) is -3.24. The van der Waals surface area contributed by atoms with E-state index < -0.39 is 36.2 Å². The van der Waals surface area contributed by atoms with Crippen molar-refractivity contribution in [2.45, 2.75) is 37.0 Å². The Balaban J connectivity index is 1.91. The van der Waals surface area contributed by atoms with E-state index in [-0.39, 0.29) is 5.92 Å². The first-order chi connectivity index (χ1) is 11.8. The lowest BCUT2D eigenvalue weighted by Gasteiger charge is -2.14. The molecule has 0 aliphatic carbocycles. The Bertz CT molecular complexity index is 653. The molecule has 0 saturated carbocycles. The van der Waals surface area contributed by atoms with Crippen LogP contribution in [0.25, 0.3) is 0 Å². The molecule has 0 radical (unpaired) electrons. The van der Waals surface area contributed by atoms with E-state index >= 15 is 0 Å². The van der Waals surface area contributed by atoms with Gasteiger partial charge in [0.15, 0.2) is 0 Å². The summed E-state index contributed by atoms with van der Waals surface area (Å²) in [4.78, 5) is 37.3. The maximum atomic E-state index is 12.3. The fraction of sp³-hybridized carbons (Fsp3) is 0.438. The van der Waals surface area contributed by atoms with Crippen LogP contribution in [-0.4, -0.2) is 41.1 Å². The summed E-state index contributed by atoms with van der Waals surface area (Å²) in [6.45, 7) is 3.47. The van der Waals surface area contributed by atoms with Crippen LogP contribution in [0.2, 0.25) is 0 Å². The SMILES string of the molecule is CC(C)CC1NC(=O)N(CC(=O)Nc2ccc(SC(F)F)cc2)C1=O. The summed E-state index contributed by atoms with van der Waals surface area (Å²) < 4.78 is 24.5.